The number of hydrogen-bond acceptors (Lipinski definition) is 4. The fourth-order valence-corrected chi connectivity index (χ4v) is 3.28. The van der Waals surface area contributed by atoms with E-state index >= 15 is 0 Å². The second kappa shape index (κ2) is 8.02. The summed E-state index contributed by atoms with van der Waals surface area (Å²) in [5.41, 5.74) is 2.50. The van der Waals surface area contributed by atoms with Crippen molar-refractivity contribution in [2.24, 2.45) is 0 Å². The number of carbonyl (C=O) groups is 2. The highest BCUT2D eigenvalue weighted by Gasteiger charge is 2.28. The standard InChI is InChI=1S/C21H21N3O3/c1-23-18-9-4-3-8-17(18)19(27-2)14-24(11-10-20(23)25)21(26)16-7-5-6-15(12-16)13-22/h3-9,12,19H,10-11,14H2,1-2H3. The molecule has 6 heteroatoms. The molecule has 1 aliphatic rings. The Morgan fingerprint density at radius 3 is 2.74 bits per heavy atom. The molecule has 138 valence electrons. The van der Waals surface area contributed by atoms with E-state index < -0.39 is 0 Å². The van der Waals surface area contributed by atoms with E-state index in [-0.39, 0.29) is 30.9 Å². The third kappa shape index (κ3) is 3.83. The molecule has 1 aliphatic heterocycles. The summed E-state index contributed by atoms with van der Waals surface area (Å²) in [4.78, 5) is 28.9. The van der Waals surface area contributed by atoms with Gasteiger partial charge in [0.15, 0.2) is 0 Å². The van der Waals surface area contributed by atoms with Gasteiger partial charge in [0, 0.05) is 43.9 Å². The normalized spacial score (nSPS) is 17.4. The van der Waals surface area contributed by atoms with Crippen LogP contribution in [0.15, 0.2) is 48.5 Å². The molecular weight excluding hydrogens is 342 g/mol. The monoisotopic (exact) mass is 363 g/mol. The van der Waals surface area contributed by atoms with Crippen molar-refractivity contribution in [3.63, 3.8) is 0 Å². The number of fused-ring (bicyclic) bond motifs is 1. The maximum Gasteiger partial charge on any atom is 0.254 e. The number of nitrogens with zero attached hydrogens (tertiary/aromatic N) is 3. The first kappa shape index (κ1) is 18.6. The van der Waals surface area contributed by atoms with Crippen LogP contribution in [0.25, 0.3) is 0 Å². The minimum Gasteiger partial charge on any atom is -0.375 e. The molecular formula is C21H21N3O3. The molecule has 27 heavy (non-hydrogen) atoms. The predicted molar refractivity (Wildman–Crippen MR) is 101 cm³/mol. The van der Waals surface area contributed by atoms with Crippen LogP contribution in [0.2, 0.25) is 0 Å². The fraction of sp³-hybridized carbons (Fsp3) is 0.286. The number of para-hydroxylation sites is 1. The fourth-order valence-electron chi connectivity index (χ4n) is 3.28. The molecule has 0 aliphatic carbocycles. The summed E-state index contributed by atoms with van der Waals surface area (Å²) in [5, 5.41) is 9.08. The van der Waals surface area contributed by atoms with Crippen LogP contribution in [0, 0.1) is 11.3 Å². The zero-order valence-corrected chi connectivity index (χ0v) is 15.4. The van der Waals surface area contributed by atoms with E-state index in [9.17, 15) is 9.59 Å². The van der Waals surface area contributed by atoms with E-state index in [1.165, 1.54) is 0 Å². The van der Waals surface area contributed by atoms with E-state index in [1.54, 1.807) is 48.2 Å². The van der Waals surface area contributed by atoms with Crippen molar-refractivity contribution in [1.29, 1.82) is 5.26 Å². The molecule has 1 atom stereocenters. The van der Waals surface area contributed by atoms with Crippen LogP contribution in [0.5, 0.6) is 0 Å². The molecule has 1 heterocycles. The van der Waals surface area contributed by atoms with Gasteiger partial charge in [0.25, 0.3) is 5.91 Å². The maximum absolute atomic E-state index is 13.0. The molecule has 2 amide bonds. The topological polar surface area (TPSA) is 73.6 Å². The van der Waals surface area contributed by atoms with Gasteiger partial charge in [0.2, 0.25) is 5.91 Å². The molecule has 0 spiro atoms. The van der Waals surface area contributed by atoms with Crippen molar-refractivity contribution in [2.75, 3.05) is 32.1 Å². The summed E-state index contributed by atoms with van der Waals surface area (Å²) < 4.78 is 5.67. The third-order valence-corrected chi connectivity index (χ3v) is 4.81. The second-order valence-corrected chi connectivity index (χ2v) is 6.43. The molecule has 0 saturated carbocycles. The Labute approximate surface area is 158 Å². The number of rotatable bonds is 2. The molecule has 2 aromatic carbocycles. The van der Waals surface area contributed by atoms with Crippen molar-refractivity contribution >= 4 is 17.5 Å². The van der Waals surface area contributed by atoms with E-state index in [2.05, 4.69) is 0 Å². The highest BCUT2D eigenvalue weighted by atomic mass is 16.5. The summed E-state index contributed by atoms with van der Waals surface area (Å²) >= 11 is 0. The summed E-state index contributed by atoms with van der Waals surface area (Å²) in [7, 11) is 3.34. The van der Waals surface area contributed by atoms with Gasteiger partial charge < -0.3 is 14.5 Å². The van der Waals surface area contributed by atoms with Gasteiger partial charge in [-0.05, 0) is 24.3 Å². The van der Waals surface area contributed by atoms with Gasteiger partial charge in [-0.15, -0.1) is 0 Å². The molecule has 0 aromatic heterocycles. The van der Waals surface area contributed by atoms with Crippen LogP contribution in [0.4, 0.5) is 5.69 Å². The number of ether oxygens (including phenoxy) is 1. The van der Waals surface area contributed by atoms with Crippen LogP contribution in [0.1, 0.15) is 34.0 Å². The van der Waals surface area contributed by atoms with Gasteiger partial charge in [-0.2, -0.15) is 5.26 Å². The van der Waals surface area contributed by atoms with Gasteiger partial charge in [0.1, 0.15) is 6.10 Å². The Morgan fingerprint density at radius 2 is 2.00 bits per heavy atom. The number of nitriles is 1. The Balaban J connectivity index is 1.97. The highest BCUT2D eigenvalue weighted by molar-refractivity contribution is 5.97. The number of amides is 2. The van der Waals surface area contributed by atoms with E-state index in [1.807, 2.05) is 30.3 Å². The maximum atomic E-state index is 13.0. The predicted octanol–water partition coefficient (Wildman–Crippen LogP) is 2.75. The van der Waals surface area contributed by atoms with E-state index in [0.29, 0.717) is 17.7 Å². The number of hydrogen-bond donors (Lipinski definition) is 0. The quantitative estimate of drug-likeness (QED) is 0.822. The lowest BCUT2D eigenvalue weighted by Gasteiger charge is -2.27. The lowest BCUT2D eigenvalue weighted by molar-refractivity contribution is -0.118. The van der Waals surface area contributed by atoms with Crippen molar-refractivity contribution in [3.8, 4) is 6.07 Å². The lowest BCUT2D eigenvalue weighted by Crippen LogP contribution is -2.37. The number of benzene rings is 2. The van der Waals surface area contributed by atoms with Crippen molar-refractivity contribution in [3.05, 3.63) is 65.2 Å². The van der Waals surface area contributed by atoms with E-state index in [4.69, 9.17) is 10.00 Å². The van der Waals surface area contributed by atoms with Crippen LogP contribution >= 0.6 is 0 Å². The van der Waals surface area contributed by atoms with Crippen LogP contribution in [-0.2, 0) is 9.53 Å². The number of anilines is 1. The molecule has 0 radical (unpaired) electrons. The van der Waals surface area contributed by atoms with Gasteiger partial charge in [0.05, 0.1) is 18.2 Å². The van der Waals surface area contributed by atoms with Gasteiger partial charge in [-0.25, -0.2) is 0 Å². The number of methoxy groups -OCH3 is 1. The minimum atomic E-state index is -0.363. The number of carbonyl (C=O) groups excluding carboxylic acids is 2. The average molecular weight is 363 g/mol. The molecule has 1 unspecified atom stereocenters. The zero-order valence-electron chi connectivity index (χ0n) is 15.4. The summed E-state index contributed by atoms with van der Waals surface area (Å²) in [5.74, 6) is -0.285. The van der Waals surface area contributed by atoms with Crippen molar-refractivity contribution in [1.82, 2.24) is 4.90 Å². The van der Waals surface area contributed by atoms with E-state index in [0.717, 1.165) is 11.3 Å². The minimum absolute atomic E-state index is 0.0669. The van der Waals surface area contributed by atoms with Crippen LogP contribution < -0.4 is 4.90 Å². The molecule has 6 nitrogen and oxygen atoms in total. The molecule has 2 aromatic rings. The molecule has 3 rings (SSSR count). The second-order valence-electron chi connectivity index (χ2n) is 6.43. The van der Waals surface area contributed by atoms with Crippen LogP contribution in [-0.4, -0.2) is 44.0 Å². The smallest absolute Gasteiger partial charge is 0.254 e. The van der Waals surface area contributed by atoms with Gasteiger partial charge in [-0.3, -0.25) is 9.59 Å². The van der Waals surface area contributed by atoms with Crippen molar-refractivity contribution < 1.29 is 14.3 Å². The first-order chi connectivity index (χ1) is 13.0. The summed E-state index contributed by atoms with van der Waals surface area (Å²) in [6, 6.07) is 16.2. The Hall–Kier alpha value is -3.17. The largest absolute Gasteiger partial charge is 0.375 e. The van der Waals surface area contributed by atoms with Gasteiger partial charge >= 0.3 is 0 Å². The van der Waals surface area contributed by atoms with Crippen LogP contribution in [0.3, 0.4) is 0 Å². The molecule has 0 fully saturated rings. The first-order valence-corrected chi connectivity index (χ1v) is 8.73. The zero-order chi connectivity index (χ0) is 19.4. The SMILES string of the molecule is COC1CN(C(=O)c2cccc(C#N)c2)CCC(=O)N(C)c2ccccc21. The third-order valence-electron chi connectivity index (χ3n) is 4.81. The average Bonchev–Trinajstić information content (AvgIpc) is 2.77. The first-order valence-electron chi connectivity index (χ1n) is 8.73. The molecule has 0 bridgehead atoms. The Kier molecular flexibility index (Phi) is 5.53. The highest BCUT2D eigenvalue weighted by Crippen LogP contribution is 2.30. The summed E-state index contributed by atoms with van der Waals surface area (Å²) in [6.07, 6.45) is -0.150. The lowest BCUT2D eigenvalue weighted by atomic mass is 10.0. The van der Waals surface area contributed by atoms with Gasteiger partial charge in [-0.1, -0.05) is 24.3 Å². The molecule has 0 saturated heterocycles. The summed E-state index contributed by atoms with van der Waals surface area (Å²) in [6.45, 7) is 0.608. The Bertz CT molecular complexity index is 904. The molecule has 0 N–H and O–H groups in total. The van der Waals surface area contributed by atoms with Crippen molar-refractivity contribution in [2.45, 2.75) is 12.5 Å². The Morgan fingerprint density at radius 1 is 1.22 bits per heavy atom.